The van der Waals surface area contributed by atoms with Crippen LogP contribution >= 0.6 is 0 Å². The lowest BCUT2D eigenvalue weighted by atomic mass is 10.1. The minimum Gasteiger partial charge on any atom is -0.494 e. The summed E-state index contributed by atoms with van der Waals surface area (Å²) in [5.74, 6) is 0.786. The molecule has 1 heterocycles. The van der Waals surface area contributed by atoms with E-state index in [-0.39, 0.29) is 16.9 Å². The average molecular weight is 444 g/mol. The van der Waals surface area contributed by atoms with Gasteiger partial charge >= 0.3 is 0 Å². The van der Waals surface area contributed by atoms with E-state index in [1.54, 1.807) is 12.3 Å². The van der Waals surface area contributed by atoms with Crippen LogP contribution in [0.15, 0.2) is 29.2 Å². The molecule has 0 aliphatic heterocycles. The summed E-state index contributed by atoms with van der Waals surface area (Å²) in [6.45, 7) is 8.81. The van der Waals surface area contributed by atoms with Crippen LogP contribution in [0.3, 0.4) is 0 Å². The number of fused-ring (bicyclic) bond motifs is 1. The molecule has 6 nitrogen and oxygen atoms in total. The van der Waals surface area contributed by atoms with Crippen molar-refractivity contribution in [1.29, 1.82) is 0 Å². The Morgan fingerprint density at radius 2 is 1.81 bits per heavy atom. The molecular weight excluding hydrogens is 402 g/mol. The van der Waals surface area contributed by atoms with Crippen molar-refractivity contribution in [3.8, 4) is 5.75 Å². The van der Waals surface area contributed by atoms with Gasteiger partial charge in [-0.05, 0) is 37.4 Å². The predicted octanol–water partition coefficient (Wildman–Crippen LogP) is 4.87. The van der Waals surface area contributed by atoms with E-state index in [2.05, 4.69) is 26.1 Å². The highest BCUT2D eigenvalue weighted by Crippen LogP contribution is 2.21. The summed E-state index contributed by atoms with van der Waals surface area (Å²) in [5.41, 5.74) is 6.23. The molecule has 6 heteroatoms. The largest absolute Gasteiger partial charge is 0.494 e. The summed E-state index contributed by atoms with van der Waals surface area (Å²) in [7, 11) is 0. The maximum absolute atomic E-state index is 13.0. The third-order valence-electron chi connectivity index (χ3n) is 5.54. The lowest BCUT2D eigenvalue weighted by molar-refractivity contribution is 0.0951. The third-order valence-corrected chi connectivity index (χ3v) is 5.54. The van der Waals surface area contributed by atoms with E-state index in [1.165, 1.54) is 38.5 Å². The van der Waals surface area contributed by atoms with Crippen LogP contribution in [0.25, 0.3) is 10.9 Å². The van der Waals surface area contributed by atoms with Crippen LogP contribution < -0.4 is 21.2 Å². The molecule has 1 amide bonds. The number of carbonyl (C=O) groups excluding carboxylic acids is 1. The van der Waals surface area contributed by atoms with Crippen molar-refractivity contribution in [2.24, 2.45) is 11.7 Å². The first-order valence-corrected chi connectivity index (χ1v) is 12.3. The molecule has 1 aromatic carbocycles. The fraction of sp³-hybridized carbons (Fsp3) is 0.615. The zero-order chi connectivity index (χ0) is 23.3. The van der Waals surface area contributed by atoms with Crippen LogP contribution in [0, 0.1) is 5.92 Å². The first kappa shape index (κ1) is 25.9. The molecule has 0 saturated carbocycles. The molecule has 0 saturated heterocycles. The summed E-state index contributed by atoms with van der Waals surface area (Å²) >= 11 is 0. The Morgan fingerprint density at radius 3 is 2.50 bits per heavy atom. The normalized spacial score (nSPS) is 11.3. The Labute approximate surface area is 192 Å². The average Bonchev–Trinajstić information content (AvgIpc) is 2.77. The number of nitrogens with zero attached hydrogens (tertiary/aromatic N) is 1. The summed E-state index contributed by atoms with van der Waals surface area (Å²) in [5, 5.41) is 3.34. The predicted molar refractivity (Wildman–Crippen MR) is 133 cm³/mol. The van der Waals surface area contributed by atoms with Gasteiger partial charge in [0.25, 0.3) is 5.91 Å². The standard InChI is InChI=1S/C26H41N3O3/c1-4-5-6-7-8-9-10-16-32-21-12-13-22-24(17-21)29(18-20(2)3)19-23(25(22)30)26(31)28-15-11-14-27/h12-13,17,19-20H,4-11,14-16,18,27H2,1-3H3,(H,28,31). The van der Waals surface area contributed by atoms with Crippen LogP contribution in [0.2, 0.25) is 0 Å². The van der Waals surface area contributed by atoms with Crippen molar-refractivity contribution >= 4 is 16.8 Å². The molecule has 2 aromatic rings. The number of hydrogen-bond acceptors (Lipinski definition) is 4. The van der Waals surface area contributed by atoms with Gasteiger partial charge < -0.3 is 20.4 Å². The van der Waals surface area contributed by atoms with Crippen LogP contribution in [0.1, 0.15) is 82.5 Å². The minimum atomic E-state index is -0.345. The molecule has 32 heavy (non-hydrogen) atoms. The van der Waals surface area contributed by atoms with E-state index in [1.807, 2.05) is 16.7 Å². The summed E-state index contributed by atoms with van der Waals surface area (Å²) < 4.78 is 7.98. The van der Waals surface area contributed by atoms with Crippen molar-refractivity contribution in [3.63, 3.8) is 0 Å². The van der Waals surface area contributed by atoms with Crippen molar-refractivity contribution in [1.82, 2.24) is 9.88 Å². The quantitative estimate of drug-likeness (QED) is 0.385. The van der Waals surface area contributed by atoms with Crippen molar-refractivity contribution in [2.75, 3.05) is 19.7 Å². The molecule has 0 radical (unpaired) electrons. The van der Waals surface area contributed by atoms with Gasteiger partial charge in [0.1, 0.15) is 11.3 Å². The molecular formula is C26H41N3O3. The maximum Gasteiger partial charge on any atom is 0.256 e. The maximum atomic E-state index is 13.0. The fourth-order valence-corrected chi connectivity index (χ4v) is 3.81. The van der Waals surface area contributed by atoms with Crippen LogP contribution in [0.4, 0.5) is 0 Å². The Bertz CT molecular complexity index is 905. The number of unbranched alkanes of at least 4 members (excludes halogenated alkanes) is 6. The molecule has 0 aliphatic carbocycles. The highest BCUT2D eigenvalue weighted by molar-refractivity contribution is 5.97. The number of amides is 1. The van der Waals surface area contributed by atoms with Gasteiger partial charge in [-0.15, -0.1) is 0 Å². The smallest absolute Gasteiger partial charge is 0.256 e. The number of pyridine rings is 1. The number of nitrogens with two attached hydrogens (primary N) is 1. The molecule has 2 rings (SSSR count). The van der Waals surface area contributed by atoms with Gasteiger partial charge in [0.2, 0.25) is 5.43 Å². The monoisotopic (exact) mass is 443 g/mol. The van der Waals surface area contributed by atoms with Gasteiger partial charge in [-0.3, -0.25) is 9.59 Å². The van der Waals surface area contributed by atoms with Crippen molar-refractivity contribution < 1.29 is 9.53 Å². The number of carbonyl (C=O) groups is 1. The molecule has 0 bridgehead atoms. The molecule has 0 unspecified atom stereocenters. The van der Waals surface area contributed by atoms with E-state index in [4.69, 9.17) is 10.5 Å². The topological polar surface area (TPSA) is 86.3 Å². The molecule has 178 valence electrons. The lowest BCUT2D eigenvalue weighted by Crippen LogP contribution is -2.31. The van der Waals surface area contributed by atoms with Crippen LogP contribution in [0.5, 0.6) is 5.75 Å². The number of rotatable bonds is 15. The Morgan fingerprint density at radius 1 is 1.09 bits per heavy atom. The van der Waals surface area contributed by atoms with E-state index in [0.29, 0.717) is 44.0 Å². The van der Waals surface area contributed by atoms with E-state index in [9.17, 15) is 9.59 Å². The first-order chi connectivity index (χ1) is 15.5. The first-order valence-electron chi connectivity index (χ1n) is 12.3. The second kappa shape index (κ2) is 13.9. The van der Waals surface area contributed by atoms with Crippen LogP contribution in [-0.4, -0.2) is 30.2 Å². The Balaban J connectivity index is 2.13. The zero-order valence-corrected chi connectivity index (χ0v) is 20.1. The molecule has 0 aliphatic rings. The number of aromatic nitrogens is 1. The Hall–Kier alpha value is -2.34. The van der Waals surface area contributed by atoms with Crippen molar-refractivity contribution in [3.05, 3.63) is 40.2 Å². The SMILES string of the molecule is CCCCCCCCCOc1ccc2c(=O)c(C(=O)NCCCN)cn(CC(C)C)c2c1. The molecule has 0 spiro atoms. The molecule has 0 fully saturated rings. The number of hydrogen-bond donors (Lipinski definition) is 2. The number of ether oxygens (including phenoxy) is 1. The Kier molecular flexibility index (Phi) is 11.3. The van der Waals surface area contributed by atoms with Gasteiger partial charge in [-0.2, -0.15) is 0 Å². The summed E-state index contributed by atoms with van der Waals surface area (Å²) in [6, 6.07) is 5.54. The van der Waals surface area contributed by atoms with Gasteiger partial charge in [0.05, 0.1) is 12.1 Å². The van der Waals surface area contributed by atoms with Crippen molar-refractivity contribution in [2.45, 2.75) is 78.7 Å². The highest BCUT2D eigenvalue weighted by atomic mass is 16.5. The molecule has 1 aromatic heterocycles. The highest BCUT2D eigenvalue weighted by Gasteiger charge is 2.16. The van der Waals surface area contributed by atoms with Crippen LogP contribution in [-0.2, 0) is 6.54 Å². The zero-order valence-electron chi connectivity index (χ0n) is 20.1. The third kappa shape index (κ3) is 7.97. The number of nitrogens with one attached hydrogen (secondary N) is 1. The second-order valence-electron chi connectivity index (χ2n) is 8.96. The molecule has 3 N–H and O–H groups in total. The molecule has 0 atom stereocenters. The van der Waals surface area contributed by atoms with E-state index < -0.39 is 0 Å². The fourth-order valence-electron chi connectivity index (χ4n) is 3.81. The van der Waals surface area contributed by atoms with Gasteiger partial charge in [-0.25, -0.2) is 0 Å². The van der Waals surface area contributed by atoms with E-state index in [0.717, 1.165) is 17.7 Å². The lowest BCUT2D eigenvalue weighted by Gasteiger charge is -2.16. The van der Waals surface area contributed by atoms with Gasteiger partial charge in [0.15, 0.2) is 0 Å². The second-order valence-corrected chi connectivity index (χ2v) is 8.96. The minimum absolute atomic E-state index is 0.173. The van der Waals surface area contributed by atoms with E-state index >= 15 is 0 Å². The van der Waals surface area contributed by atoms with Gasteiger partial charge in [-0.1, -0.05) is 59.3 Å². The van der Waals surface area contributed by atoms with Gasteiger partial charge in [0, 0.05) is 30.7 Å². The number of benzene rings is 1. The summed E-state index contributed by atoms with van der Waals surface area (Å²) in [4.78, 5) is 25.6. The summed E-state index contributed by atoms with van der Waals surface area (Å²) in [6.07, 6.45) is 11.0.